The van der Waals surface area contributed by atoms with Crippen molar-refractivity contribution < 1.29 is 5.11 Å². The molecule has 3 atom stereocenters. The monoisotopic (exact) mass is 239 g/mol. The summed E-state index contributed by atoms with van der Waals surface area (Å²) in [6.45, 7) is 5.56. The van der Waals surface area contributed by atoms with Gasteiger partial charge < -0.3 is 5.11 Å². The molecular formula is C15H29NO. The molecule has 1 aliphatic carbocycles. The van der Waals surface area contributed by atoms with Gasteiger partial charge in [-0.05, 0) is 45.4 Å². The Kier molecular flexibility index (Phi) is 4.87. The van der Waals surface area contributed by atoms with Crippen LogP contribution < -0.4 is 0 Å². The van der Waals surface area contributed by atoms with Crippen LogP contribution in [0.5, 0.6) is 0 Å². The Labute approximate surface area is 106 Å². The highest BCUT2D eigenvalue weighted by atomic mass is 16.3. The minimum absolute atomic E-state index is 0.0849. The van der Waals surface area contributed by atoms with Crippen LogP contribution in [-0.4, -0.2) is 34.7 Å². The summed E-state index contributed by atoms with van der Waals surface area (Å²) < 4.78 is 0. The molecule has 2 fully saturated rings. The molecule has 0 radical (unpaired) electrons. The number of likely N-dealkylation sites (tertiary alicyclic amines) is 1. The molecule has 3 unspecified atom stereocenters. The van der Waals surface area contributed by atoms with E-state index in [1.165, 1.54) is 51.4 Å². The average molecular weight is 239 g/mol. The van der Waals surface area contributed by atoms with E-state index in [2.05, 4.69) is 18.7 Å². The van der Waals surface area contributed by atoms with Crippen LogP contribution in [-0.2, 0) is 0 Å². The van der Waals surface area contributed by atoms with Gasteiger partial charge in [-0.25, -0.2) is 0 Å². The van der Waals surface area contributed by atoms with Crippen LogP contribution in [0, 0.1) is 5.92 Å². The zero-order valence-electron chi connectivity index (χ0n) is 11.6. The van der Waals surface area contributed by atoms with Crippen LogP contribution >= 0.6 is 0 Å². The van der Waals surface area contributed by atoms with Crippen molar-refractivity contribution in [1.82, 2.24) is 4.90 Å². The maximum Gasteiger partial charge on any atom is 0.0695 e. The lowest BCUT2D eigenvalue weighted by Crippen LogP contribution is -2.48. The highest BCUT2D eigenvalue weighted by Crippen LogP contribution is 2.29. The van der Waals surface area contributed by atoms with E-state index < -0.39 is 0 Å². The molecule has 0 spiro atoms. The lowest BCUT2D eigenvalue weighted by molar-refractivity contribution is 0.00616. The van der Waals surface area contributed by atoms with Crippen molar-refractivity contribution in [3.8, 4) is 0 Å². The van der Waals surface area contributed by atoms with Crippen LogP contribution in [0.2, 0.25) is 0 Å². The molecule has 0 bridgehead atoms. The first-order chi connectivity index (χ1) is 8.18. The molecule has 2 aliphatic rings. The fraction of sp³-hybridized carbons (Fsp3) is 1.00. The molecular weight excluding hydrogens is 210 g/mol. The predicted octanol–water partition coefficient (Wildman–Crippen LogP) is 3.19. The van der Waals surface area contributed by atoms with Crippen molar-refractivity contribution >= 4 is 0 Å². The third kappa shape index (κ3) is 3.45. The van der Waals surface area contributed by atoms with E-state index in [0.717, 1.165) is 6.54 Å². The van der Waals surface area contributed by atoms with E-state index in [0.29, 0.717) is 18.0 Å². The van der Waals surface area contributed by atoms with Crippen LogP contribution in [0.4, 0.5) is 0 Å². The number of piperidine rings is 1. The van der Waals surface area contributed by atoms with Gasteiger partial charge in [-0.2, -0.15) is 0 Å². The predicted molar refractivity (Wildman–Crippen MR) is 72.1 cm³/mol. The van der Waals surface area contributed by atoms with Crippen molar-refractivity contribution in [2.75, 3.05) is 6.54 Å². The molecule has 100 valence electrons. The number of nitrogens with zero attached hydrogens (tertiary/aromatic N) is 1. The first-order valence-electron chi connectivity index (χ1n) is 7.62. The van der Waals surface area contributed by atoms with Gasteiger partial charge in [-0.15, -0.1) is 0 Å². The quantitative estimate of drug-likeness (QED) is 0.817. The first kappa shape index (κ1) is 13.4. The van der Waals surface area contributed by atoms with E-state index in [1.54, 1.807) is 0 Å². The smallest absolute Gasteiger partial charge is 0.0695 e. The van der Waals surface area contributed by atoms with Crippen molar-refractivity contribution in [3.05, 3.63) is 0 Å². The van der Waals surface area contributed by atoms with Gasteiger partial charge >= 0.3 is 0 Å². The summed E-state index contributed by atoms with van der Waals surface area (Å²) in [5, 5.41) is 10.4. The van der Waals surface area contributed by atoms with Gasteiger partial charge in [0.15, 0.2) is 0 Å². The van der Waals surface area contributed by atoms with Crippen LogP contribution in [0.1, 0.15) is 65.2 Å². The van der Waals surface area contributed by atoms with Gasteiger partial charge in [-0.3, -0.25) is 4.90 Å². The molecule has 1 heterocycles. The maximum atomic E-state index is 10.4. The standard InChI is InChI=1S/C15H29NO/c1-12-7-6-8-13(2)16(12)11-15(17)14-9-4-3-5-10-14/h12-15,17H,3-11H2,1-2H3. The number of hydrogen-bond donors (Lipinski definition) is 1. The topological polar surface area (TPSA) is 23.5 Å². The highest BCUT2D eigenvalue weighted by molar-refractivity contribution is 4.84. The van der Waals surface area contributed by atoms with E-state index in [-0.39, 0.29) is 6.10 Å². The molecule has 2 nitrogen and oxygen atoms in total. The number of aliphatic hydroxyl groups is 1. The third-order valence-corrected chi connectivity index (χ3v) is 4.97. The molecule has 0 aromatic rings. The summed E-state index contributed by atoms with van der Waals surface area (Å²) in [6.07, 6.45) is 10.4. The van der Waals surface area contributed by atoms with Gasteiger partial charge in [0.2, 0.25) is 0 Å². The summed E-state index contributed by atoms with van der Waals surface area (Å²) in [4.78, 5) is 2.54. The van der Waals surface area contributed by atoms with Crippen molar-refractivity contribution in [2.45, 2.75) is 83.4 Å². The summed E-state index contributed by atoms with van der Waals surface area (Å²) in [7, 11) is 0. The normalized spacial score (nSPS) is 34.8. The summed E-state index contributed by atoms with van der Waals surface area (Å²) in [6, 6.07) is 1.33. The lowest BCUT2D eigenvalue weighted by Gasteiger charge is -2.41. The van der Waals surface area contributed by atoms with Crippen LogP contribution in [0.15, 0.2) is 0 Å². The summed E-state index contributed by atoms with van der Waals surface area (Å²) in [5.41, 5.74) is 0. The minimum atomic E-state index is -0.0849. The van der Waals surface area contributed by atoms with Crippen molar-refractivity contribution in [1.29, 1.82) is 0 Å². The number of rotatable bonds is 3. The minimum Gasteiger partial charge on any atom is -0.392 e. The number of β-amino-alcohol motifs (C(OH)–C–C–N with tert-alkyl or cyclic N) is 1. The Morgan fingerprint density at radius 3 is 2.12 bits per heavy atom. The Bertz CT molecular complexity index is 215. The lowest BCUT2D eigenvalue weighted by atomic mass is 9.84. The van der Waals surface area contributed by atoms with E-state index in [4.69, 9.17) is 0 Å². The van der Waals surface area contributed by atoms with Crippen molar-refractivity contribution in [2.24, 2.45) is 5.92 Å². The second-order valence-electron chi connectivity index (χ2n) is 6.29. The Morgan fingerprint density at radius 2 is 1.53 bits per heavy atom. The Balaban J connectivity index is 1.85. The summed E-state index contributed by atoms with van der Waals surface area (Å²) >= 11 is 0. The molecule has 1 saturated heterocycles. The van der Waals surface area contributed by atoms with Gasteiger partial charge in [-0.1, -0.05) is 25.7 Å². The molecule has 0 amide bonds. The zero-order valence-corrected chi connectivity index (χ0v) is 11.6. The van der Waals surface area contributed by atoms with Gasteiger partial charge in [0.25, 0.3) is 0 Å². The highest BCUT2D eigenvalue weighted by Gasteiger charge is 2.29. The Morgan fingerprint density at radius 1 is 0.941 bits per heavy atom. The maximum absolute atomic E-state index is 10.4. The van der Waals surface area contributed by atoms with Gasteiger partial charge in [0.1, 0.15) is 0 Å². The number of hydrogen-bond acceptors (Lipinski definition) is 2. The fourth-order valence-electron chi connectivity index (χ4n) is 3.72. The van der Waals surface area contributed by atoms with Crippen LogP contribution in [0.3, 0.4) is 0 Å². The van der Waals surface area contributed by atoms with E-state index in [1.807, 2.05) is 0 Å². The third-order valence-electron chi connectivity index (χ3n) is 4.97. The molecule has 0 aromatic carbocycles. The van der Waals surface area contributed by atoms with E-state index in [9.17, 15) is 5.11 Å². The average Bonchev–Trinajstić information content (AvgIpc) is 2.35. The number of aliphatic hydroxyl groups excluding tert-OH is 1. The zero-order chi connectivity index (χ0) is 12.3. The van der Waals surface area contributed by atoms with Crippen LogP contribution in [0.25, 0.3) is 0 Å². The Hall–Kier alpha value is -0.0800. The van der Waals surface area contributed by atoms with E-state index >= 15 is 0 Å². The first-order valence-corrected chi connectivity index (χ1v) is 7.62. The second-order valence-corrected chi connectivity index (χ2v) is 6.29. The molecule has 2 heteroatoms. The molecule has 1 N–H and O–H groups in total. The molecule has 2 rings (SSSR count). The fourth-order valence-corrected chi connectivity index (χ4v) is 3.72. The molecule has 17 heavy (non-hydrogen) atoms. The van der Waals surface area contributed by atoms with Gasteiger partial charge in [0, 0.05) is 18.6 Å². The molecule has 1 saturated carbocycles. The molecule has 0 aromatic heterocycles. The van der Waals surface area contributed by atoms with Crippen molar-refractivity contribution in [3.63, 3.8) is 0 Å². The molecule has 1 aliphatic heterocycles. The second kappa shape index (κ2) is 6.19. The van der Waals surface area contributed by atoms with Gasteiger partial charge in [0.05, 0.1) is 6.10 Å². The largest absolute Gasteiger partial charge is 0.392 e. The summed E-state index contributed by atoms with van der Waals surface area (Å²) in [5.74, 6) is 0.574. The SMILES string of the molecule is CC1CCCC(C)N1CC(O)C1CCCCC1.